The summed E-state index contributed by atoms with van der Waals surface area (Å²) >= 11 is 7.46. The molecule has 9 heteroatoms. The van der Waals surface area contributed by atoms with Crippen molar-refractivity contribution in [3.8, 4) is 0 Å². The van der Waals surface area contributed by atoms with E-state index in [1.165, 1.54) is 11.3 Å². The average Bonchev–Trinajstić information content (AvgIpc) is 2.89. The molecular formula is C15H15ClN2O5S. The Kier molecular flexibility index (Phi) is 6.53. The molecule has 2 amide bonds. The number of carbonyl (C=O) groups is 3. The van der Waals surface area contributed by atoms with Crippen LogP contribution in [0.2, 0.25) is 5.02 Å². The van der Waals surface area contributed by atoms with Crippen LogP contribution in [0.1, 0.15) is 9.67 Å². The predicted octanol–water partition coefficient (Wildman–Crippen LogP) is 1.50. The molecule has 0 saturated heterocycles. The van der Waals surface area contributed by atoms with E-state index in [9.17, 15) is 14.4 Å². The third-order valence-electron chi connectivity index (χ3n) is 2.94. The van der Waals surface area contributed by atoms with E-state index in [0.717, 1.165) is 10.1 Å². The molecule has 1 aromatic carbocycles. The Morgan fingerprint density at radius 1 is 1.21 bits per heavy atom. The molecule has 3 N–H and O–H groups in total. The summed E-state index contributed by atoms with van der Waals surface area (Å²) in [4.78, 5) is 34.3. The van der Waals surface area contributed by atoms with Gasteiger partial charge in [-0.05, 0) is 6.07 Å². The molecule has 0 saturated carbocycles. The number of aliphatic carboxylic acids is 1. The van der Waals surface area contributed by atoms with Crippen molar-refractivity contribution in [2.24, 2.45) is 0 Å². The third kappa shape index (κ3) is 4.92. The van der Waals surface area contributed by atoms with Gasteiger partial charge < -0.3 is 20.5 Å². The zero-order chi connectivity index (χ0) is 17.5. The first kappa shape index (κ1) is 18.2. The van der Waals surface area contributed by atoms with Crippen LogP contribution in [-0.4, -0.2) is 49.2 Å². The van der Waals surface area contributed by atoms with Gasteiger partial charge in [-0.3, -0.25) is 9.59 Å². The molecule has 0 spiro atoms. The molecule has 1 aromatic heterocycles. The fourth-order valence-electron chi connectivity index (χ4n) is 1.89. The second kappa shape index (κ2) is 8.62. The number of hydrogen-bond acceptors (Lipinski definition) is 5. The lowest BCUT2D eigenvalue weighted by atomic mass is 10.2. The molecule has 0 aliphatic carbocycles. The first-order valence-electron chi connectivity index (χ1n) is 7.00. The first-order chi connectivity index (χ1) is 11.5. The summed E-state index contributed by atoms with van der Waals surface area (Å²) in [6.07, 6.45) is 0. The molecular weight excluding hydrogens is 356 g/mol. The lowest BCUT2D eigenvalue weighted by Crippen LogP contribution is -2.38. The molecule has 0 unspecified atom stereocenters. The van der Waals surface area contributed by atoms with Gasteiger partial charge in [0.2, 0.25) is 5.91 Å². The molecule has 0 fully saturated rings. The lowest BCUT2D eigenvalue weighted by Gasteiger charge is -2.06. The highest BCUT2D eigenvalue weighted by Crippen LogP contribution is 2.34. The summed E-state index contributed by atoms with van der Waals surface area (Å²) in [5, 5.41) is 14.6. The molecule has 0 bridgehead atoms. The number of carboxylic acids is 1. The number of rotatable bonds is 8. The van der Waals surface area contributed by atoms with Gasteiger partial charge >= 0.3 is 5.97 Å². The molecule has 24 heavy (non-hydrogen) atoms. The summed E-state index contributed by atoms with van der Waals surface area (Å²) in [7, 11) is 0. The number of thiophene rings is 1. The lowest BCUT2D eigenvalue weighted by molar-refractivity contribution is -0.142. The van der Waals surface area contributed by atoms with E-state index in [1.807, 2.05) is 24.3 Å². The van der Waals surface area contributed by atoms with Crippen molar-refractivity contribution in [2.45, 2.75) is 0 Å². The Labute approximate surface area is 146 Å². The average molecular weight is 371 g/mol. The van der Waals surface area contributed by atoms with Crippen LogP contribution in [0.5, 0.6) is 0 Å². The molecule has 0 radical (unpaired) electrons. The van der Waals surface area contributed by atoms with Crippen molar-refractivity contribution >= 4 is 50.8 Å². The number of halogens is 1. The molecule has 0 atom stereocenters. The monoisotopic (exact) mass is 370 g/mol. The zero-order valence-corrected chi connectivity index (χ0v) is 14.1. The highest BCUT2D eigenvalue weighted by molar-refractivity contribution is 7.21. The van der Waals surface area contributed by atoms with Crippen molar-refractivity contribution in [1.82, 2.24) is 10.6 Å². The number of benzene rings is 1. The SMILES string of the molecule is O=C(O)COCCNC(=O)CNC(=O)c1sc2ccccc2c1Cl. The van der Waals surface area contributed by atoms with Gasteiger partial charge in [-0.15, -0.1) is 11.3 Å². The number of fused-ring (bicyclic) bond motifs is 1. The third-order valence-corrected chi connectivity index (χ3v) is 4.62. The Morgan fingerprint density at radius 2 is 1.96 bits per heavy atom. The summed E-state index contributed by atoms with van der Waals surface area (Å²) in [5.41, 5.74) is 0. The van der Waals surface area contributed by atoms with Crippen molar-refractivity contribution in [3.63, 3.8) is 0 Å². The Balaban J connectivity index is 1.79. The van der Waals surface area contributed by atoms with Crippen LogP contribution in [0.3, 0.4) is 0 Å². The molecule has 2 aromatic rings. The van der Waals surface area contributed by atoms with E-state index in [2.05, 4.69) is 10.6 Å². The topological polar surface area (TPSA) is 105 Å². The number of carbonyl (C=O) groups excluding carboxylic acids is 2. The van der Waals surface area contributed by atoms with Gasteiger partial charge in [0.25, 0.3) is 5.91 Å². The minimum absolute atomic E-state index is 0.0775. The molecule has 128 valence electrons. The van der Waals surface area contributed by atoms with Gasteiger partial charge in [-0.2, -0.15) is 0 Å². The Hall–Kier alpha value is -2.16. The minimum atomic E-state index is -1.08. The summed E-state index contributed by atoms with van der Waals surface area (Å²) in [5.74, 6) is -1.90. The fourth-order valence-corrected chi connectivity index (χ4v) is 3.32. The molecule has 2 rings (SSSR count). The van der Waals surface area contributed by atoms with Gasteiger partial charge in [-0.25, -0.2) is 4.79 Å². The van der Waals surface area contributed by atoms with Crippen LogP contribution in [0.25, 0.3) is 10.1 Å². The summed E-state index contributed by atoms with van der Waals surface area (Å²) in [6, 6.07) is 7.39. The number of amides is 2. The second-order valence-corrected chi connectivity index (χ2v) is 6.15. The van der Waals surface area contributed by atoms with E-state index in [1.54, 1.807) is 0 Å². The smallest absolute Gasteiger partial charge is 0.329 e. The van der Waals surface area contributed by atoms with E-state index in [0.29, 0.717) is 9.90 Å². The number of ether oxygens (including phenoxy) is 1. The molecule has 1 heterocycles. The molecule has 7 nitrogen and oxygen atoms in total. The quantitative estimate of drug-likeness (QED) is 0.611. The van der Waals surface area contributed by atoms with Gasteiger partial charge in [-0.1, -0.05) is 29.8 Å². The Bertz CT molecular complexity index is 761. The maximum absolute atomic E-state index is 12.1. The van der Waals surface area contributed by atoms with E-state index >= 15 is 0 Å². The van der Waals surface area contributed by atoms with Gasteiger partial charge in [0.05, 0.1) is 18.2 Å². The largest absolute Gasteiger partial charge is 0.480 e. The van der Waals surface area contributed by atoms with Crippen LogP contribution in [0.4, 0.5) is 0 Å². The van der Waals surface area contributed by atoms with Crippen LogP contribution in [0, 0.1) is 0 Å². The van der Waals surface area contributed by atoms with Crippen LogP contribution in [-0.2, 0) is 14.3 Å². The summed E-state index contributed by atoms with van der Waals surface area (Å²) in [6.45, 7) is -0.390. The summed E-state index contributed by atoms with van der Waals surface area (Å²) < 4.78 is 5.67. The zero-order valence-electron chi connectivity index (χ0n) is 12.5. The standard InChI is InChI=1S/C15H15ClN2O5S/c16-13-9-3-1-2-4-10(9)24-14(13)15(22)18-7-11(19)17-5-6-23-8-12(20)21/h1-4H,5-8H2,(H,17,19)(H,18,22)(H,20,21). The van der Waals surface area contributed by atoms with Crippen molar-refractivity contribution in [3.05, 3.63) is 34.2 Å². The highest BCUT2D eigenvalue weighted by Gasteiger charge is 2.17. The normalized spacial score (nSPS) is 10.5. The van der Waals surface area contributed by atoms with E-state index in [4.69, 9.17) is 21.4 Å². The number of hydrogen-bond donors (Lipinski definition) is 3. The Morgan fingerprint density at radius 3 is 2.67 bits per heavy atom. The van der Waals surface area contributed by atoms with E-state index < -0.39 is 24.4 Å². The van der Waals surface area contributed by atoms with Crippen LogP contribution < -0.4 is 10.6 Å². The molecule has 0 aliphatic rings. The second-order valence-electron chi connectivity index (χ2n) is 4.72. The van der Waals surface area contributed by atoms with Crippen molar-refractivity contribution in [1.29, 1.82) is 0 Å². The minimum Gasteiger partial charge on any atom is -0.480 e. The van der Waals surface area contributed by atoms with Crippen molar-refractivity contribution < 1.29 is 24.2 Å². The number of carboxylic acid groups (broad SMARTS) is 1. The maximum atomic E-state index is 12.1. The first-order valence-corrected chi connectivity index (χ1v) is 8.20. The highest BCUT2D eigenvalue weighted by atomic mass is 35.5. The molecule has 0 aliphatic heterocycles. The van der Waals surface area contributed by atoms with E-state index in [-0.39, 0.29) is 19.7 Å². The van der Waals surface area contributed by atoms with Crippen LogP contribution in [0.15, 0.2) is 24.3 Å². The van der Waals surface area contributed by atoms with Crippen molar-refractivity contribution in [2.75, 3.05) is 26.3 Å². The predicted molar refractivity (Wildman–Crippen MR) is 90.6 cm³/mol. The maximum Gasteiger partial charge on any atom is 0.329 e. The van der Waals surface area contributed by atoms with Gasteiger partial charge in [0, 0.05) is 16.6 Å². The number of nitrogens with one attached hydrogen (secondary N) is 2. The fraction of sp³-hybridized carbons (Fsp3) is 0.267. The van der Waals surface area contributed by atoms with Gasteiger partial charge in [0.15, 0.2) is 0 Å². The van der Waals surface area contributed by atoms with Gasteiger partial charge in [0.1, 0.15) is 11.5 Å². The van der Waals surface area contributed by atoms with Crippen LogP contribution >= 0.6 is 22.9 Å².